The number of alkyl halides is 1. The van der Waals surface area contributed by atoms with Gasteiger partial charge in [-0.3, -0.25) is 0 Å². The molecule has 0 amide bonds. The molecule has 0 nitrogen and oxygen atoms in total. The van der Waals surface area contributed by atoms with Crippen molar-refractivity contribution < 1.29 is 0 Å². The summed E-state index contributed by atoms with van der Waals surface area (Å²) < 4.78 is 0. The van der Waals surface area contributed by atoms with Crippen LogP contribution < -0.4 is 0 Å². The second-order valence-corrected chi connectivity index (χ2v) is 6.36. The van der Waals surface area contributed by atoms with Crippen LogP contribution in [0.1, 0.15) is 31.7 Å². The molecule has 2 atom stereocenters. The van der Waals surface area contributed by atoms with Crippen LogP contribution in [0, 0.1) is 11.3 Å². The van der Waals surface area contributed by atoms with Crippen LogP contribution in [-0.2, 0) is 0 Å². The largest absolute Gasteiger partial charge is 0.122 e. The molecule has 2 aliphatic carbocycles. The summed E-state index contributed by atoms with van der Waals surface area (Å²) in [7, 11) is 0. The van der Waals surface area contributed by atoms with Crippen molar-refractivity contribution in [3.05, 3.63) is 40.4 Å². The topological polar surface area (TPSA) is 0 Å². The minimum absolute atomic E-state index is 0.546. The van der Waals surface area contributed by atoms with Crippen molar-refractivity contribution in [1.82, 2.24) is 0 Å². The molecule has 1 saturated carbocycles. The highest BCUT2D eigenvalue weighted by molar-refractivity contribution is 6.30. The molecule has 1 aromatic rings. The summed E-state index contributed by atoms with van der Waals surface area (Å²) in [5.41, 5.74) is 4.75. The zero-order chi connectivity index (χ0) is 12.0. The zero-order valence-corrected chi connectivity index (χ0v) is 11.5. The second kappa shape index (κ2) is 4.03. The van der Waals surface area contributed by atoms with Crippen molar-refractivity contribution in [3.8, 4) is 0 Å². The molecule has 2 aliphatic rings. The molecule has 0 radical (unpaired) electrons. The number of benzene rings is 1. The van der Waals surface area contributed by atoms with Crippen molar-refractivity contribution in [2.75, 3.05) is 5.88 Å². The molecule has 0 N–H and O–H groups in total. The van der Waals surface area contributed by atoms with E-state index >= 15 is 0 Å². The highest BCUT2D eigenvalue weighted by atomic mass is 35.5. The first-order valence-corrected chi connectivity index (χ1v) is 7.06. The lowest BCUT2D eigenvalue weighted by molar-refractivity contribution is 0.495. The lowest BCUT2D eigenvalue weighted by Gasteiger charge is -2.24. The SMILES string of the molecule is C[C@@]12CC(c3ccc(Cl)cc3)=C(CCl)C[C@@H]1C2. The van der Waals surface area contributed by atoms with E-state index in [0.29, 0.717) is 11.3 Å². The molecule has 0 aromatic heterocycles. The summed E-state index contributed by atoms with van der Waals surface area (Å²) >= 11 is 12.0. The van der Waals surface area contributed by atoms with Crippen LogP contribution >= 0.6 is 23.2 Å². The smallest absolute Gasteiger partial charge is 0.0439 e. The van der Waals surface area contributed by atoms with Crippen LogP contribution in [0.4, 0.5) is 0 Å². The van der Waals surface area contributed by atoms with Gasteiger partial charge in [-0.2, -0.15) is 0 Å². The van der Waals surface area contributed by atoms with E-state index in [-0.39, 0.29) is 0 Å². The molecule has 2 heteroatoms. The first kappa shape index (κ1) is 11.6. The van der Waals surface area contributed by atoms with E-state index in [1.54, 1.807) is 0 Å². The summed E-state index contributed by atoms with van der Waals surface area (Å²) in [5.74, 6) is 1.55. The average Bonchev–Trinajstić information content (AvgIpc) is 2.99. The number of allylic oxidation sites excluding steroid dienone is 2. The monoisotopic (exact) mass is 266 g/mol. The molecule has 0 bridgehead atoms. The standard InChI is InChI=1S/C15H16Cl2/c1-15-7-12(15)6-11(9-16)14(8-15)10-2-4-13(17)5-3-10/h2-5,12H,6-9H2,1H3/t12-,15-/m1/s1. The van der Waals surface area contributed by atoms with Gasteiger partial charge in [0.05, 0.1) is 0 Å². The molecule has 0 heterocycles. The van der Waals surface area contributed by atoms with Gasteiger partial charge in [0.25, 0.3) is 0 Å². The molecule has 1 fully saturated rings. The maximum Gasteiger partial charge on any atom is 0.0439 e. The Morgan fingerprint density at radius 1 is 1.29 bits per heavy atom. The zero-order valence-electron chi connectivity index (χ0n) is 9.97. The Morgan fingerprint density at radius 2 is 2.00 bits per heavy atom. The maximum atomic E-state index is 6.10. The predicted molar refractivity (Wildman–Crippen MR) is 74.5 cm³/mol. The van der Waals surface area contributed by atoms with Gasteiger partial charge in [-0.05, 0) is 53.9 Å². The lowest BCUT2D eigenvalue weighted by Crippen LogP contribution is -2.10. The number of fused-ring (bicyclic) bond motifs is 1. The van der Waals surface area contributed by atoms with Gasteiger partial charge < -0.3 is 0 Å². The molecular weight excluding hydrogens is 251 g/mol. The van der Waals surface area contributed by atoms with E-state index in [1.165, 1.54) is 36.0 Å². The third kappa shape index (κ3) is 2.02. The first-order chi connectivity index (χ1) is 8.12. The molecule has 0 aliphatic heterocycles. The fourth-order valence-electron chi connectivity index (χ4n) is 3.08. The van der Waals surface area contributed by atoms with E-state index in [4.69, 9.17) is 23.2 Å². The molecule has 0 saturated heterocycles. The Labute approximate surface area is 113 Å². The quantitative estimate of drug-likeness (QED) is 0.650. The minimum atomic E-state index is 0.546. The van der Waals surface area contributed by atoms with Gasteiger partial charge in [-0.1, -0.05) is 36.2 Å². The highest BCUT2D eigenvalue weighted by Gasteiger charge is 2.52. The van der Waals surface area contributed by atoms with Crippen molar-refractivity contribution in [1.29, 1.82) is 0 Å². The van der Waals surface area contributed by atoms with Crippen LogP contribution in [0.3, 0.4) is 0 Å². The Bertz CT molecular complexity index is 472. The predicted octanol–water partition coefficient (Wildman–Crippen LogP) is 5.15. The van der Waals surface area contributed by atoms with Crippen molar-refractivity contribution in [2.45, 2.75) is 26.2 Å². The van der Waals surface area contributed by atoms with Crippen LogP contribution in [0.25, 0.3) is 5.57 Å². The van der Waals surface area contributed by atoms with E-state index in [0.717, 1.165) is 10.9 Å². The third-order valence-corrected chi connectivity index (χ3v) is 4.97. The molecule has 0 spiro atoms. The van der Waals surface area contributed by atoms with Crippen LogP contribution in [0.2, 0.25) is 5.02 Å². The molecule has 17 heavy (non-hydrogen) atoms. The lowest BCUT2D eigenvalue weighted by atomic mass is 9.82. The second-order valence-electron chi connectivity index (χ2n) is 5.66. The van der Waals surface area contributed by atoms with Crippen LogP contribution in [-0.4, -0.2) is 5.88 Å². The maximum absolute atomic E-state index is 6.10. The Morgan fingerprint density at radius 3 is 2.65 bits per heavy atom. The van der Waals surface area contributed by atoms with Gasteiger partial charge in [-0.25, -0.2) is 0 Å². The summed E-state index contributed by atoms with van der Waals surface area (Å²) in [5, 5.41) is 0.799. The molecule has 90 valence electrons. The summed E-state index contributed by atoms with van der Waals surface area (Å²) in [6.07, 6.45) is 3.74. The molecule has 0 unspecified atom stereocenters. The Hall–Kier alpha value is -0.460. The summed E-state index contributed by atoms with van der Waals surface area (Å²) in [4.78, 5) is 0. The Balaban J connectivity index is 1.98. The van der Waals surface area contributed by atoms with Crippen molar-refractivity contribution >= 4 is 28.8 Å². The third-order valence-electron chi connectivity index (χ3n) is 4.39. The van der Waals surface area contributed by atoms with Crippen molar-refractivity contribution in [2.24, 2.45) is 11.3 Å². The molecule has 1 aromatic carbocycles. The molecular formula is C15H16Cl2. The molecule has 3 rings (SSSR count). The fraction of sp³-hybridized carbons (Fsp3) is 0.467. The Kier molecular flexibility index (Phi) is 2.76. The van der Waals surface area contributed by atoms with Gasteiger partial charge in [0.1, 0.15) is 0 Å². The van der Waals surface area contributed by atoms with E-state index in [9.17, 15) is 0 Å². The minimum Gasteiger partial charge on any atom is -0.122 e. The number of hydrogen-bond donors (Lipinski definition) is 0. The van der Waals surface area contributed by atoms with Crippen LogP contribution in [0.5, 0.6) is 0 Å². The van der Waals surface area contributed by atoms with E-state index in [2.05, 4.69) is 19.1 Å². The first-order valence-electron chi connectivity index (χ1n) is 6.15. The van der Waals surface area contributed by atoms with Crippen molar-refractivity contribution in [3.63, 3.8) is 0 Å². The highest BCUT2D eigenvalue weighted by Crippen LogP contribution is 2.63. The summed E-state index contributed by atoms with van der Waals surface area (Å²) in [6, 6.07) is 8.18. The van der Waals surface area contributed by atoms with Gasteiger partial charge in [-0.15, -0.1) is 11.6 Å². The van der Waals surface area contributed by atoms with Gasteiger partial charge >= 0.3 is 0 Å². The van der Waals surface area contributed by atoms with Gasteiger partial charge in [0.2, 0.25) is 0 Å². The van der Waals surface area contributed by atoms with Crippen LogP contribution in [0.15, 0.2) is 29.8 Å². The average molecular weight is 267 g/mol. The number of hydrogen-bond acceptors (Lipinski definition) is 0. The summed E-state index contributed by atoms with van der Waals surface area (Å²) in [6.45, 7) is 2.40. The number of halogens is 2. The number of rotatable bonds is 2. The van der Waals surface area contributed by atoms with E-state index < -0.39 is 0 Å². The fourth-order valence-corrected chi connectivity index (χ4v) is 3.48. The van der Waals surface area contributed by atoms with Gasteiger partial charge in [0, 0.05) is 10.9 Å². The van der Waals surface area contributed by atoms with E-state index in [1.807, 2.05) is 12.1 Å². The normalized spacial score (nSPS) is 31.4. The van der Waals surface area contributed by atoms with Gasteiger partial charge in [0.15, 0.2) is 0 Å².